The number of likely N-dealkylation sites (tertiary alicyclic amines) is 1. The van der Waals surface area contributed by atoms with Crippen molar-refractivity contribution < 1.29 is 37.0 Å². The number of rotatable bonds is 9. The number of carbonyl (C=O) groups is 2. The fourth-order valence-corrected chi connectivity index (χ4v) is 6.72. The summed E-state index contributed by atoms with van der Waals surface area (Å²) in [5, 5.41) is 12.7. The van der Waals surface area contributed by atoms with E-state index in [0.29, 0.717) is 50.4 Å². The normalized spacial score (nSPS) is 17.8. The van der Waals surface area contributed by atoms with Gasteiger partial charge in [0.25, 0.3) is 0 Å². The van der Waals surface area contributed by atoms with Crippen molar-refractivity contribution in [3.63, 3.8) is 0 Å². The molecule has 2 aliphatic heterocycles. The van der Waals surface area contributed by atoms with Crippen molar-refractivity contribution >= 4 is 29.5 Å². The summed E-state index contributed by atoms with van der Waals surface area (Å²) in [6, 6.07) is 15.6. The lowest BCUT2D eigenvalue weighted by atomic mass is 9.76. The minimum atomic E-state index is -4.79. The first kappa shape index (κ1) is 35.0. The van der Waals surface area contributed by atoms with Gasteiger partial charge in [-0.2, -0.15) is 23.4 Å². The number of aryl methyl sites for hydroxylation is 1. The molecule has 2 saturated heterocycles. The smallest absolute Gasteiger partial charge is 0.429 e. The van der Waals surface area contributed by atoms with E-state index in [2.05, 4.69) is 15.3 Å². The Labute approximate surface area is 291 Å². The molecule has 4 heterocycles. The number of hydrogen-bond acceptors (Lipinski definition) is 9. The van der Waals surface area contributed by atoms with E-state index in [1.54, 1.807) is 26.1 Å². The van der Waals surface area contributed by atoms with Crippen LogP contribution in [0.25, 0.3) is 5.69 Å². The Bertz CT molecular complexity index is 1820. The van der Waals surface area contributed by atoms with Gasteiger partial charge in [-0.25, -0.2) is 14.3 Å². The Hall–Kier alpha value is -4.85. The number of hydrogen-bond donors (Lipinski definition) is 0. The Morgan fingerprint density at radius 2 is 1.82 bits per heavy atom. The number of carbonyl (C=O) groups excluding carboxylic acids is 2. The highest BCUT2D eigenvalue weighted by Crippen LogP contribution is 2.45. The zero-order chi connectivity index (χ0) is 35.5. The molecule has 2 aliphatic rings. The third-order valence-corrected chi connectivity index (χ3v) is 9.30. The van der Waals surface area contributed by atoms with Crippen LogP contribution in [0.1, 0.15) is 49.1 Å². The molecule has 2 atom stereocenters. The summed E-state index contributed by atoms with van der Waals surface area (Å²) >= 11 is 6.17. The first-order chi connectivity index (χ1) is 23.9. The van der Waals surface area contributed by atoms with E-state index in [1.165, 1.54) is 33.8 Å². The minimum absolute atomic E-state index is 0.0705. The van der Waals surface area contributed by atoms with Crippen LogP contribution in [0.4, 0.5) is 23.8 Å². The molecule has 6 rings (SSSR count). The molecule has 0 N–H and O–H groups in total. The second kappa shape index (κ2) is 14.6. The molecule has 11 nitrogen and oxygen atoms in total. The van der Waals surface area contributed by atoms with E-state index in [-0.39, 0.29) is 35.2 Å². The van der Waals surface area contributed by atoms with Crippen LogP contribution < -0.4 is 9.64 Å². The van der Waals surface area contributed by atoms with Crippen LogP contribution in [0.2, 0.25) is 5.02 Å². The van der Waals surface area contributed by atoms with Crippen LogP contribution in [-0.2, 0) is 20.9 Å². The van der Waals surface area contributed by atoms with Crippen LogP contribution in [0.5, 0.6) is 5.75 Å². The number of alkyl halides is 3. The van der Waals surface area contributed by atoms with Crippen LogP contribution in [-0.4, -0.2) is 75.4 Å². The van der Waals surface area contributed by atoms with Gasteiger partial charge in [-0.05, 0) is 62.3 Å². The second-order valence-corrected chi connectivity index (χ2v) is 13.0. The van der Waals surface area contributed by atoms with Gasteiger partial charge in [-0.3, -0.25) is 4.90 Å². The van der Waals surface area contributed by atoms with E-state index in [4.69, 9.17) is 25.8 Å². The first-order valence-corrected chi connectivity index (χ1v) is 16.6. The Morgan fingerprint density at radius 1 is 1.06 bits per heavy atom. The second-order valence-electron chi connectivity index (χ2n) is 12.5. The number of anilines is 1. The van der Waals surface area contributed by atoms with E-state index < -0.39 is 35.8 Å². The summed E-state index contributed by atoms with van der Waals surface area (Å²) < 4.78 is 61.6. The molecule has 50 heavy (non-hydrogen) atoms. The number of halogens is 4. The summed E-state index contributed by atoms with van der Waals surface area (Å²) in [5.74, 6) is -0.257. The van der Waals surface area contributed by atoms with Gasteiger partial charge in [0.15, 0.2) is 5.82 Å². The van der Waals surface area contributed by atoms with E-state index >= 15 is 0 Å². The quantitative estimate of drug-likeness (QED) is 0.172. The van der Waals surface area contributed by atoms with Gasteiger partial charge in [-0.15, -0.1) is 5.10 Å². The molecule has 1 amide bonds. The van der Waals surface area contributed by atoms with Crippen molar-refractivity contribution in [1.82, 2.24) is 24.9 Å². The predicted octanol–water partition coefficient (Wildman–Crippen LogP) is 6.87. The molecule has 1 spiro atoms. The van der Waals surface area contributed by atoms with Gasteiger partial charge in [0.1, 0.15) is 18.4 Å². The summed E-state index contributed by atoms with van der Waals surface area (Å²) in [4.78, 5) is 29.6. The molecule has 2 aromatic carbocycles. The summed E-state index contributed by atoms with van der Waals surface area (Å²) in [5.41, 5.74) is 1.01. The fourth-order valence-electron chi connectivity index (χ4n) is 6.56. The zero-order valence-electron chi connectivity index (χ0n) is 27.5. The van der Waals surface area contributed by atoms with Gasteiger partial charge in [0.2, 0.25) is 6.10 Å². The third-order valence-electron chi connectivity index (χ3n) is 9.07. The van der Waals surface area contributed by atoms with Gasteiger partial charge in [0.05, 0.1) is 24.2 Å². The van der Waals surface area contributed by atoms with Gasteiger partial charge >= 0.3 is 18.2 Å². The van der Waals surface area contributed by atoms with Gasteiger partial charge < -0.3 is 19.1 Å². The highest BCUT2D eigenvalue weighted by Gasteiger charge is 2.51. The van der Waals surface area contributed by atoms with Crippen molar-refractivity contribution in [2.24, 2.45) is 5.41 Å². The Morgan fingerprint density at radius 3 is 2.50 bits per heavy atom. The third kappa shape index (κ3) is 7.80. The van der Waals surface area contributed by atoms with E-state index in [0.717, 1.165) is 11.8 Å². The monoisotopic (exact) mass is 712 g/mol. The van der Waals surface area contributed by atoms with Crippen molar-refractivity contribution in [1.29, 1.82) is 0 Å². The molecule has 15 heteroatoms. The number of ether oxygens (including phenoxy) is 3. The lowest BCUT2D eigenvalue weighted by Gasteiger charge is -2.39. The topological polar surface area (TPSA) is 112 Å². The molecule has 2 aromatic heterocycles. The fraction of sp³-hybridized carbons (Fsp3) is 0.400. The van der Waals surface area contributed by atoms with Crippen LogP contribution >= 0.6 is 11.6 Å². The lowest BCUT2D eigenvalue weighted by Crippen LogP contribution is -2.43. The molecule has 4 aromatic rings. The number of benzene rings is 2. The van der Waals surface area contributed by atoms with Crippen LogP contribution in [0.15, 0.2) is 73.1 Å². The van der Waals surface area contributed by atoms with Crippen LogP contribution in [0, 0.1) is 12.3 Å². The molecule has 0 saturated carbocycles. The molecule has 0 aliphatic carbocycles. The molecule has 1 unspecified atom stereocenters. The molecular formula is C35H36ClF3N6O5. The molecule has 2 fully saturated rings. The molecule has 0 radical (unpaired) electrons. The van der Waals surface area contributed by atoms with E-state index in [1.807, 2.05) is 35.2 Å². The SMILES string of the molecule is CCOC(=O)C1CC2(CCN(c3cc(O[C@H](c4ccc(Cl)cc4-n4ccc(C)n4)C(F)(F)F)cnn3)CC2)CN1C(=O)OCc1ccccc1. The minimum Gasteiger partial charge on any atom is -0.474 e. The van der Waals surface area contributed by atoms with Gasteiger partial charge in [-0.1, -0.05) is 48.0 Å². The Kier molecular flexibility index (Phi) is 10.2. The van der Waals surface area contributed by atoms with Crippen LogP contribution in [0.3, 0.4) is 0 Å². The standard InChI is InChI=1S/C35H36ClF3N6O5/c1-3-48-32(46)29-19-34(22-44(29)33(47)49-21-24-7-5-4-6-8-24)12-15-43(16-13-34)30-18-26(20-40-41-30)50-31(35(37,38)39)27-10-9-25(36)17-28(27)45-14-11-23(2)42-45/h4-11,14,17-18,20,29,31H,3,12-13,15-16,19,21-22H2,1-2H3/t29?,31-/m1/s1. The molecular weight excluding hydrogens is 677 g/mol. The number of esters is 1. The maximum absolute atomic E-state index is 14.6. The highest BCUT2D eigenvalue weighted by molar-refractivity contribution is 6.30. The molecule has 264 valence electrons. The average Bonchev–Trinajstić information content (AvgIpc) is 3.71. The summed E-state index contributed by atoms with van der Waals surface area (Å²) in [6.45, 7) is 4.92. The highest BCUT2D eigenvalue weighted by atomic mass is 35.5. The molecule has 0 bridgehead atoms. The van der Waals surface area contributed by atoms with Crippen molar-refractivity contribution in [3.8, 4) is 11.4 Å². The Balaban J connectivity index is 1.16. The zero-order valence-corrected chi connectivity index (χ0v) is 28.2. The van der Waals surface area contributed by atoms with E-state index in [9.17, 15) is 22.8 Å². The first-order valence-electron chi connectivity index (χ1n) is 16.2. The van der Waals surface area contributed by atoms with Gasteiger partial charge in [0, 0.05) is 42.5 Å². The predicted molar refractivity (Wildman–Crippen MR) is 177 cm³/mol. The number of nitrogens with zero attached hydrogens (tertiary/aromatic N) is 6. The van der Waals surface area contributed by atoms with Crippen molar-refractivity contribution in [2.45, 2.75) is 58.0 Å². The van der Waals surface area contributed by atoms with Crippen molar-refractivity contribution in [3.05, 3.63) is 94.9 Å². The van der Waals surface area contributed by atoms with Crippen molar-refractivity contribution in [2.75, 3.05) is 31.1 Å². The lowest BCUT2D eigenvalue weighted by molar-refractivity contribution is -0.198. The average molecular weight is 713 g/mol. The number of aromatic nitrogens is 4. The maximum atomic E-state index is 14.6. The summed E-state index contributed by atoms with van der Waals surface area (Å²) in [6.07, 6.45) is -3.47. The number of amides is 1. The summed E-state index contributed by atoms with van der Waals surface area (Å²) in [7, 11) is 0. The largest absolute Gasteiger partial charge is 0.474 e. The maximum Gasteiger partial charge on any atom is 0.429 e. The number of piperidine rings is 1.